The number of aromatic nitrogens is 2. The van der Waals surface area contributed by atoms with Gasteiger partial charge in [-0.1, -0.05) is 6.07 Å². The third-order valence-electron chi connectivity index (χ3n) is 2.96. The Kier molecular flexibility index (Phi) is 2.59. The monoisotopic (exact) mass is 255 g/mol. The van der Waals surface area contributed by atoms with Gasteiger partial charge in [0.25, 0.3) is 0 Å². The summed E-state index contributed by atoms with van der Waals surface area (Å²) in [7, 11) is 0. The van der Waals surface area contributed by atoms with Gasteiger partial charge in [0.15, 0.2) is 5.58 Å². The molecule has 1 aromatic carbocycles. The predicted octanol–water partition coefficient (Wildman–Crippen LogP) is 1.93. The molecule has 0 atom stereocenters. The van der Waals surface area contributed by atoms with Gasteiger partial charge in [0.05, 0.1) is 17.8 Å². The van der Waals surface area contributed by atoms with E-state index in [4.69, 9.17) is 10.2 Å². The summed E-state index contributed by atoms with van der Waals surface area (Å²) in [5, 5.41) is 0. The number of hydrogen-bond acceptors (Lipinski definition) is 4. The van der Waals surface area contributed by atoms with Gasteiger partial charge in [0, 0.05) is 17.4 Å². The van der Waals surface area contributed by atoms with Crippen molar-refractivity contribution in [1.29, 1.82) is 0 Å². The maximum Gasteiger partial charge on any atom is 0.420 e. The van der Waals surface area contributed by atoms with Crippen molar-refractivity contribution in [2.75, 3.05) is 5.73 Å². The fourth-order valence-corrected chi connectivity index (χ4v) is 2.08. The lowest BCUT2D eigenvalue weighted by Crippen LogP contribution is -2.15. The van der Waals surface area contributed by atoms with E-state index in [1.165, 1.54) is 0 Å². The second kappa shape index (κ2) is 4.28. The number of fused-ring (bicyclic) bond motifs is 1. The smallest absolute Gasteiger partial charge is 0.408 e. The molecule has 0 aliphatic carbocycles. The van der Waals surface area contributed by atoms with Gasteiger partial charge in [0.1, 0.15) is 0 Å². The Morgan fingerprint density at radius 2 is 2.16 bits per heavy atom. The lowest BCUT2D eigenvalue weighted by atomic mass is 10.2. The van der Waals surface area contributed by atoms with E-state index in [0.717, 1.165) is 16.9 Å². The molecular formula is C14H13N3O2. The van der Waals surface area contributed by atoms with Crippen molar-refractivity contribution < 1.29 is 4.42 Å². The molecule has 2 aromatic heterocycles. The van der Waals surface area contributed by atoms with Gasteiger partial charge in [-0.25, -0.2) is 4.79 Å². The van der Waals surface area contributed by atoms with E-state index in [0.29, 0.717) is 17.8 Å². The molecule has 5 nitrogen and oxygen atoms in total. The summed E-state index contributed by atoms with van der Waals surface area (Å²) in [6, 6.07) is 10.9. The zero-order valence-electron chi connectivity index (χ0n) is 10.5. The molecule has 3 rings (SSSR count). The number of nitrogens with two attached hydrogens (primary N) is 1. The molecule has 2 N–H and O–H groups in total. The summed E-state index contributed by atoms with van der Waals surface area (Å²) < 4.78 is 6.73. The van der Waals surface area contributed by atoms with Crippen LogP contribution in [0.5, 0.6) is 0 Å². The van der Waals surface area contributed by atoms with Crippen molar-refractivity contribution >= 4 is 16.8 Å². The Morgan fingerprint density at radius 3 is 2.95 bits per heavy atom. The second-order valence-corrected chi connectivity index (χ2v) is 4.45. The van der Waals surface area contributed by atoms with E-state index >= 15 is 0 Å². The average Bonchev–Trinajstić information content (AvgIpc) is 2.65. The lowest BCUT2D eigenvalue weighted by molar-refractivity contribution is 0.516. The lowest BCUT2D eigenvalue weighted by Gasteiger charge is -2.03. The maximum atomic E-state index is 11.9. The highest BCUT2D eigenvalue weighted by molar-refractivity contribution is 5.76. The first-order valence-corrected chi connectivity index (χ1v) is 5.95. The zero-order chi connectivity index (χ0) is 13.4. The summed E-state index contributed by atoms with van der Waals surface area (Å²) in [5.74, 6) is -0.399. The molecule has 0 fully saturated rings. The van der Waals surface area contributed by atoms with Crippen LogP contribution in [-0.2, 0) is 6.54 Å². The standard InChI is InChI=1S/C14H13N3O2/c1-9-3-2-4-11(16-9)8-17-12-6-5-10(15)7-13(12)19-14(17)18/h2-7H,8,15H2,1H3. The number of rotatable bonds is 2. The third kappa shape index (κ3) is 2.10. The average molecular weight is 255 g/mol. The number of benzene rings is 1. The number of anilines is 1. The molecule has 0 saturated carbocycles. The first-order chi connectivity index (χ1) is 9.13. The van der Waals surface area contributed by atoms with Gasteiger partial charge >= 0.3 is 5.76 Å². The number of nitrogens with zero attached hydrogens (tertiary/aromatic N) is 2. The van der Waals surface area contributed by atoms with Crippen molar-refractivity contribution in [1.82, 2.24) is 9.55 Å². The normalized spacial score (nSPS) is 11.0. The fraction of sp³-hybridized carbons (Fsp3) is 0.143. The van der Waals surface area contributed by atoms with Crippen molar-refractivity contribution in [3.05, 3.63) is 58.3 Å². The molecule has 3 aromatic rings. The summed E-state index contributed by atoms with van der Waals surface area (Å²) >= 11 is 0. The van der Waals surface area contributed by atoms with E-state index in [2.05, 4.69) is 4.98 Å². The summed E-state index contributed by atoms with van der Waals surface area (Å²) in [5.41, 5.74) is 9.21. The zero-order valence-corrected chi connectivity index (χ0v) is 10.5. The van der Waals surface area contributed by atoms with Gasteiger partial charge in [-0.2, -0.15) is 0 Å². The molecule has 0 saturated heterocycles. The molecule has 0 bridgehead atoms. The first-order valence-electron chi connectivity index (χ1n) is 5.95. The number of hydrogen-bond donors (Lipinski definition) is 1. The van der Waals surface area contributed by atoms with Crippen LogP contribution in [-0.4, -0.2) is 9.55 Å². The molecule has 0 aliphatic rings. The van der Waals surface area contributed by atoms with Gasteiger partial charge in [0.2, 0.25) is 0 Å². The van der Waals surface area contributed by atoms with Gasteiger partial charge < -0.3 is 10.2 Å². The Morgan fingerprint density at radius 1 is 1.32 bits per heavy atom. The largest absolute Gasteiger partial charge is 0.420 e. The Balaban J connectivity index is 2.10. The molecule has 0 spiro atoms. The number of pyridine rings is 1. The van der Waals surface area contributed by atoms with Crippen LogP contribution in [0.4, 0.5) is 5.69 Å². The number of aryl methyl sites for hydroxylation is 1. The minimum absolute atomic E-state index is 0.386. The first kappa shape index (κ1) is 11.5. The minimum atomic E-state index is -0.399. The van der Waals surface area contributed by atoms with Crippen LogP contribution in [0.25, 0.3) is 11.1 Å². The summed E-state index contributed by atoms with van der Waals surface area (Å²) in [6.07, 6.45) is 0. The van der Waals surface area contributed by atoms with Crippen molar-refractivity contribution in [3.8, 4) is 0 Å². The second-order valence-electron chi connectivity index (χ2n) is 4.45. The van der Waals surface area contributed by atoms with Crippen LogP contribution in [0, 0.1) is 6.92 Å². The van der Waals surface area contributed by atoms with Crippen LogP contribution in [0.1, 0.15) is 11.4 Å². The molecule has 19 heavy (non-hydrogen) atoms. The molecule has 96 valence electrons. The summed E-state index contributed by atoms with van der Waals surface area (Å²) in [4.78, 5) is 16.3. The van der Waals surface area contributed by atoms with Crippen LogP contribution >= 0.6 is 0 Å². The predicted molar refractivity (Wildman–Crippen MR) is 73.0 cm³/mol. The molecule has 0 aliphatic heterocycles. The van der Waals surface area contributed by atoms with Crippen LogP contribution in [0.3, 0.4) is 0 Å². The van der Waals surface area contributed by atoms with E-state index in [9.17, 15) is 4.79 Å². The van der Waals surface area contributed by atoms with Crippen molar-refractivity contribution in [3.63, 3.8) is 0 Å². The van der Waals surface area contributed by atoms with E-state index in [-0.39, 0.29) is 0 Å². The van der Waals surface area contributed by atoms with Gasteiger partial charge in [-0.3, -0.25) is 9.55 Å². The highest BCUT2D eigenvalue weighted by atomic mass is 16.4. The molecule has 5 heteroatoms. The number of nitrogen functional groups attached to an aromatic ring is 1. The molecule has 0 amide bonds. The van der Waals surface area contributed by atoms with E-state index in [1.54, 1.807) is 22.8 Å². The number of oxazole rings is 1. The molecule has 0 radical (unpaired) electrons. The fourth-order valence-electron chi connectivity index (χ4n) is 2.08. The highest BCUT2D eigenvalue weighted by Crippen LogP contribution is 2.17. The van der Waals surface area contributed by atoms with E-state index < -0.39 is 5.76 Å². The van der Waals surface area contributed by atoms with Crippen molar-refractivity contribution in [2.45, 2.75) is 13.5 Å². The van der Waals surface area contributed by atoms with Gasteiger partial charge in [-0.15, -0.1) is 0 Å². The van der Waals surface area contributed by atoms with Gasteiger partial charge in [-0.05, 0) is 31.2 Å². The Hall–Kier alpha value is -2.56. The third-order valence-corrected chi connectivity index (χ3v) is 2.96. The molecule has 2 heterocycles. The van der Waals surface area contributed by atoms with Crippen LogP contribution < -0.4 is 11.5 Å². The van der Waals surface area contributed by atoms with E-state index in [1.807, 2.05) is 25.1 Å². The van der Waals surface area contributed by atoms with Crippen molar-refractivity contribution in [2.24, 2.45) is 0 Å². The Labute approximate surface area is 109 Å². The molecule has 0 unspecified atom stereocenters. The van der Waals surface area contributed by atoms with Crippen LogP contribution in [0.2, 0.25) is 0 Å². The molecular weight excluding hydrogens is 242 g/mol. The highest BCUT2D eigenvalue weighted by Gasteiger charge is 2.10. The topological polar surface area (TPSA) is 74.0 Å². The Bertz CT molecular complexity index is 802. The van der Waals surface area contributed by atoms with Crippen LogP contribution in [0.15, 0.2) is 45.6 Å². The minimum Gasteiger partial charge on any atom is -0.408 e. The SMILES string of the molecule is Cc1cccc(Cn2c(=O)oc3cc(N)ccc32)n1. The summed E-state index contributed by atoms with van der Waals surface area (Å²) in [6.45, 7) is 2.30. The quantitative estimate of drug-likeness (QED) is 0.710. The maximum absolute atomic E-state index is 11.9.